The van der Waals surface area contributed by atoms with Gasteiger partial charge in [-0.25, -0.2) is 0 Å². The van der Waals surface area contributed by atoms with E-state index in [0.29, 0.717) is 16.5 Å². The molecule has 2 aromatic heterocycles. The van der Waals surface area contributed by atoms with Gasteiger partial charge in [0.05, 0.1) is 12.9 Å². The zero-order valence-corrected chi connectivity index (χ0v) is 18.2. The monoisotopic (exact) mass is 440 g/mol. The van der Waals surface area contributed by atoms with E-state index in [9.17, 15) is 4.79 Å². The SMILES string of the molecule is COc1cccc(-c2nnc(SCC(=O)c3c[nH]c4ccccc34)n2-c2ccccc2)c1. The molecular weight excluding hydrogens is 420 g/mol. The Hall–Kier alpha value is -3.84. The lowest BCUT2D eigenvalue weighted by molar-refractivity contribution is 0.102. The zero-order chi connectivity index (χ0) is 21.9. The van der Waals surface area contributed by atoms with Crippen molar-refractivity contribution in [2.45, 2.75) is 5.16 Å². The van der Waals surface area contributed by atoms with Crippen molar-refractivity contribution in [3.05, 3.63) is 90.6 Å². The summed E-state index contributed by atoms with van der Waals surface area (Å²) in [6.07, 6.45) is 1.77. The maximum absolute atomic E-state index is 13.0. The number of para-hydroxylation sites is 2. The summed E-state index contributed by atoms with van der Waals surface area (Å²) in [6, 6.07) is 25.4. The van der Waals surface area contributed by atoms with Crippen LogP contribution in [-0.4, -0.2) is 38.4 Å². The second-order valence-electron chi connectivity index (χ2n) is 7.17. The fourth-order valence-electron chi connectivity index (χ4n) is 3.63. The molecule has 0 aliphatic rings. The summed E-state index contributed by atoms with van der Waals surface area (Å²) in [4.78, 5) is 16.2. The summed E-state index contributed by atoms with van der Waals surface area (Å²) in [5.41, 5.74) is 3.45. The molecule has 0 radical (unpaired) electrons. The Balaban J connectivity index is 1.48. The van der Waals surface area contributed by atoms with E-state index in [1.54, 1.807) is 13.3 Å². The van der Waals surface area contributed by atoms with Crippen molar-refractivity contribution >= 4 is 28.4 Å². The molecule has 2 heterocycles. The molecule has 0 unspecified atom stereocenters. The van der Waals surface area contributed by atoms with Crippen LogP contribution in [0, 0.1) is 0 Å². The van der Waals surface area contributed by atoms with Crippen LogP contribution in [0.25, 0.3) is 28.0 Å². The average Bonchev–Trinajstić information content (AvgIpc) is 3.48. The topological polar surface area (TPSA) is 72.8 Å². The number of H-pyrrole nitrogens is 1. The Morgan fingerprint density at radius 2 is 1.81 bits per heavy atom. The maximum atomic E-state index is 13.0. The number of benzene rings is 3. The first-order chi connectivity index (χ1) is 15.7. The molecule has 0 aliphatic carbocycles. The van der Waals surface area contributed by atoms with Gasteiger partial charge < -0.3 is 9.72 Å². The molecule has 0 bridgehead atoms. The number of fused-ring (bicyclic) bond motifs is 1. The van der Waals surface area contributed by atoms with Crippen LogP contribution in [0.2, 0.25) is 0 Å². The zero-order valence-electron chi connectivity index (χ0n) is 17.4. The molecule has 0 saturated heterocycles. The van der Waals surface area contributed by atoms with Crippen LogP contribution >= 0.6 is 11.8 Å². The first-order valence-electron chi connectivity index (χ1n) is 10.1. The fourth-order valence-corrected chi connectivity index (χ4v) is 4.47. The minimum Gasteiger partial charge on any atom is -0.497 e. The molecular formula is C25H20N4O2S. The Labute approximate surface area is 189 Å². The van der Waals surface area contributed by atoms with Crippen LogP contribution in [0.15, 0.2) is 90.2 Å². The van der Waals surface area contributed by atoms with Crippen LogP contribution in [0.3, 0.4) is 0 Å². The summed E-state index contributed by atoms with van der Waals surface area (Å²) >= 11 is 1.38. The van der Waals surface area contributed by atoms with Gasteiger partial charge in [0.15, 0.2) is 16.8 Å². The van der Waals surface area contributed by atoms with Crippen molar-refractivity contribution in [3.63, 3.8) is 0 Å². The van der Waals surface area contributed by atoms with E-state index in [4.69, 9.17) is 4.74 Å². The molecule has 0 spiro atoms. The first-order valence-corrected chi connectivity index (χ1v) is 11.1. The number of hydrogen-bond donors (Lipinski definition) is 1. The fraction of sp³-hybridized carbons (Fsp3) is 0.0800. The second kappa shape index (κ2) is 8.72. The van der Waals surface area contributed by atoms with Gasteiger partial charge in [-0.1, -0.05) is 60.3 Å². The largest absolute Gasteiger partial charge is 0.497 e. The third-order valence-corrected chi connectivity index (χ3v) is 6.13. The molecule has 0 atom stereocenters. The van der Waals surface area contributed by atoms with Crippen LogP contribution < -0.4 is 4.74 Å². The summed E-state index contributed by atoms with van der Waals surface area (Å²) in [6.45, 7) is 0. The van der Waals surface area contributed by atoms with Gasteiger partial charge in [-0.15, -0.1) is 10.2 Å². The summed E-state index contributed by atoms with van der Waals surface area (Å²) in [5.74, 6) is 1.73. The molecule has 0 fully saturated rings. The van der Waals surface area contributed by atoms with Crippen LogP contribution in [-0.2, 0) is 0 Å². The highest BCUT2D eigenvalue weighted by Crippen LogP contribution is 2.30. The van der Waals surface area contributed by atoms with Crippen LogP contribution in [0.4, 0.5) is 0 Å². The predicted octanol–water partition coefficient (Wildman–Crippen LogP) is 5.40. The number of ether oxygens (including phenoxy) is 1. The number of ketones is 1. The number of nitrogens with zero attached hydrogens (tertiary/aromatic N) is 3. The number of hydrogen-bond acceptors (Lipinski definition) is 5. The van der Waals surface area contributed by atoms with Gasteiger partial charge in [-0.05, 0) is 30.3 Å². The van der Waals surface area contributed by atoms with Gasteiger partial charge in [0.25, 0.3) is 0 Å². The first kappa shape index (κ1) is 20.1. The van der Waals surface area contributed by atoms with Gasteiger partial charge in [0.1, 0.15) is 5.75 Å². The number of thioether (sulfide) groups is 1. The van der Waals surface area contributed by atoms with Gasteiger partial charge >= 0.3 is 0 Å². The number of aromatic nitrogens is 4. The second-order valence-corrected chi connectivity index (χ2v) is 8.11. The van der Waals surface area contributed by atoms with E-state index < -0.39 is 0 Å². The van der Waals surface area contributed by atoms with Gasteiger partial charge in [-0.3, -0.25) is 9.36 Å². The van der Waals surface area contributed by atoms with Crippen LogP contribution in [0.1, 0.15) is 10.4 Å². The quantitative estimate of drug-likeness (QED) is 0.271. The van der Waals surface area contributed by atoms with Crippen molar-refractivity contribution in [1.29, 1.82) is 0 Å². The van der Waals surface area contributed by atoms with E-state index in [-0.39, 0.29) is 11.5 Å². The number of rotatable bonds is 7. The van der Waals surface area contributed by atoms with Gasteiger partial charge in [0, 0.05) is 33.9 Å². The molecule has 6 nitrogen and oxygen atoms in total. The standard InChI is InChI=1S/C25H20N4O2S/c1-31-19-11-7-8-17(14-19)24-27-28-25(29(24)18-9-3-2-4-10-18)32-16-23(30)21-15-26-22-13-6-5-12-20(21)22/h2-15,26H,16H2,1H3. The average molecular weight is 441 g/mol. The van der Waals surface area contributed by atoms with Crippen molar-refractivity contribution < 1.29 is 9.53 Å². The normalized spacial score (nSPS) is 11.0. The molecule has 5 aromatic rings. The molecule has 1 N–H and O–H groups in total. The Kier molecular flexibility index (Phi) is 5.47. The Morgan fingerprint density at radius 3 is 2.66 bits per heavy atom. The molecule has 32 heavy (non-hydrogen) atoms. The summed E-state index contributed by atoms with van der Waals surface area (Å²) in [7, 11) is 1.64. The number of nitrogens with one attached hydrogen (secondary N) is 1. The van der Waals surface area contributed by atoms with E-state index in [1.165, 1.54) is 11.8 Å². The van der Waals surface area contributed by atoms with Gasteiger partial charge in [-0.2, -0.15) is 0 Å². The van der Waals surface area contributed by atoms with Crippen molar-refractivity contribution in [1.82, 2.24) is 19.7 Å². The number of methoxy groups -OCH3 is 1. The third-order valence-electron chi connectivity index (χ3n) is 5.20. The highest BCUT2D eigenvalue weighted by atomic mass is 32.2. The maximum Gasteiger partial charge on any atom is 0.196 e. The van der Waals surface area contributed by atoms with Crippen molar-refractivity contribution in [2.75, 3.05) is 12.9 Å². The lowest BCUT2D eigenvalue weighted by Gasteiger charge is -2.11. The lowest BCUT2D eigenvalue weighted by Crippen LogP contribution is -2.04. The Bertz CT molecular complexity index is 1390. The number of carbonyl (C=O) groups excluding carboxylic acids is 1. The molecule has 5 rings (SSSR count). The molecule has 3 aromatic carbocycles. The lowest BCUT2D eigenvalue weighted by atomic mass is 10.1. The predicted molar refractivity (Wildman–Crippen MR) is 127 cm³/mol. The molecule has 0 aliphatic heterocycles. The number of carbonyl (C=O) groups is 1. The minimum absolute atomic E-state index is 0.0398. The highest BCUT2D eigenvalue weighted by Gasteiger charge is 2.19. The van der Waals surface area contributed by atoms with E-state index in [1.807, 2.05) is 83.4 Å². The molecule has 0 amide bonds. The van der Waals surface area contributed by atoms with Gasteiger partial charge in [0.2, 0.25) is 0 Å². The molecule has 7 heteroatoms. The molecule has 0 saturated carbocycles. The van der Waals surface area contributed by atoms with Crippen molar-refractivity contribution in [2.24, 2.45) is 0 Å². The van der Waals surface area contributed by atoms with E-state index >= 15 is 0 Å². The van der Waals surface area contributed by atoms with E-state index in [0.717, 1.165) is 27.9 Å². The highest BCUT2D eigenvalue weighted by molar-refractivity contribution is 7.99. The number of aromatic amines is 1. The smallest absolute Gasteiger partial charge is 0.196 e. The van der Waals surface area contributed by atoms with Crippen molar-refractivity contribution in [3.8, 4) is 22.8 Å². The third kappa shape index (κ3) is 3.78. The Morgan fingerprint density at radius 1 is 1.00 bits per heavy atom. The summed E-state index contributed by atoms with van der Waals surface area (Å²) in [5, 5.41) is 10.4. The summed E-state index contributed by atoms with van der Waals surface area (Å²) < 4.78 is 7.35. The van der Waals surface area contributed by atoms with E-state index in [2.05, 4.69) is 15.2 Å². The number of Topliss-reactive ketones (excluding diaryl/α,β-unsaturated/α-hetero) is 1. The minimum atomic E-state index is 0.0398. The molecule has 158 valence electrons. The van der Waals surface area contributed by atoms with Crippen LogP contribution in [0.5, 0.6) is 5.75 Å².